The molecule has 102 valence electrons. The van der Waals surface area contributed by atoms with Crippen LogP contribution >= 0.6 is 0 Å². The number of nitrogens with one attached hydrogen (secondary N) is 1. The van der Waals surface area contributed by atoms with Gasteiger partial charge in [0.05, 0.1) is 6.54 Å². The Morgan fingerprint density at radius 2 is 2.11 bits per heavy atom. The Labute approximate surface area is 107 Å². The lowest BCUT2D eigenvalue weighted by molar-refractivity contribution is -0.138. The van der Waals surface area contributed by atoms with Gasteiger partial charge >= 0.3 is 11.9 Å². The Morgan fingerprint density at radius 1 is 1.50 bits per heavy atom. The van der Waals surface area contributed by atoms with Gasteiger partial charge in [0.1, 0.15) is 6.04 Å². The standard InChI is InChI=1S/C6H11NO2.C6H9NO2/c1-2-3-4-7-5-6(8)9;1-2-3-4-5(7)6(8)9/h2,7H,1,3-5H2,(H,8,9);1,5H,3-4,7H2,(H,8,9). The van der Waals surface area contributed by atoms with E-state index in [0.717, 1.165) is 6.42 Å². The van der Waals surface area contributed by atoms with Gasteiger partial charge in [-0.3, -0.25) is 9.59 Å². The Hall–Kier alpha value is -1.84. The van der Waals surface area contributed by atoms with Gasteiger partial charge < -0.3 is 21.3 Å². The summed E-state index contributed by atoms with van der Waals surface area (Å²) < 4.78 is 0. The van der Waals surface area contributed by atoms with Crippen molar-refractivity contribution in [1.82, 2.24) is 5.32 Å². The van der Waals surface area contributed by atoms with E-state index >= 15 is 0 Å². The number of carbonyl (C=O) groups is 2. The van der Waals surface area contributed by atoms with Crippen LogP contribution in [0.1, 0.15) is 19.3 Å². The molecule has 6 nitrogen and oxygen atoms in total. The van der Waals surface area contributed by atoms with Gasteiger partial charge in [-0.25, -0.2) is 0 Å². The molecule has 0 aromatic heterocycles. The van der Waals surface area contributed by atoms with Crippen molar-refractivity contribution in [3.05, 3.63) is 12.7 Å². The topological polar surface area (TPSA) is 113 Å². The molecular formula is C12H20N2O4. The first-order valence-corrected chi connectivity index (χ1v) is 5.41. The number of carboxylic acids is 2. The van der Waals surface area contributed by atoms with Crippen molar-refractivity contribution in [3.63, 3.8) is 0 Å². The Balaban J connectivity index is 0. The van der Waals surface area contributed by atoms with E-state index in [-0.39, 0.29) is 6.54 Å². The number of aliphatic carboxylic acids is 2. The molecular weight excluding hydrogens is 236 g/mol. The van der Waals surface area contributed by atoms with Crippen LogP contribution in [0.3, 0.4) is 0 Å². The lowest BCUT2D eigenvalue weighted by atomic mass is 10.2. The van der Waals surface area contributed by atoms with Crippen molar-refractivity contribution in [2.24, 2.45) is 5.73 Å². The molecule has 6 heteroatoms. The molecule has 1 unspecified atom stereocenters. The average Bonchev–Trinajstić information content (AvgIpc) is 2.32. The van der Waals surface area contributed by atoms with Gasteiger partial charge in [-0.2, -0.15) is 0 Å². The molecule has 0 spiro atoms. The molecule has 0 rings (SSSR count). The number of hydrogen-bond acceptors (Lipinski definition) is 4. The number of rotatable bonds is 8. The van der Waals surface area contributed by atoms with Crippen molar-refractivity contribution in [1.29, 1.82) is 0 Å². The third kappa shape index (κ3) is 16.6. The molecule has 0 saturated heterocycles. The van der Waals surface area contributed by atoms with E-state index in [1.165, 1.54) is 0 Å². The summed E-state index contributed by atoms with van der Waals surface area (Å²) in [5, 5.41) is 19.1. The van der Waals surface area contributed by atoms with Crippen LogP contribution in [0.15, 0.2) is 12.7 Å². The van der Waals surface area contributed by atoms with E-state index in [4.69, 9.17) is 22.4 Å². The normalized spacial score (nSPS) is 10.4. The maximum atomic E-state index is 10.0. The largest absolute Gasteiger partial charge is 0.480 e. The maximum absolute atomic E-state index is 10.0. The van der Waals surface area contributed by atoms with Gasteiger partial charge in [0.15, 0.2) is 0 Å². The van der Waals surface area contributed by atoms with Crippen LogP contribution in [0.2, 0.25) is 0 Å². The molecule has 0 aromatic rings. The van der Waals surface area contributed by atoms with Gasteiger partial charge in [-0.1, -0.05) is 6.08 Å². The molecule has 0 saturated carbocycles. The minimum Gasteiger partial charge on any atom is -0.480 e. The van der Waals surface area contributed by atoms with Crippen LogP contribution < -0.4 is 11.1 Å². The Kier molecular flexibility index (Phi) is 13.6. The van der Waals surface area contributed by atoms with Crippen molar-refractivity contribution < 1.29 is 19.8 Å². The molecule has 5 N–H and O–H groups in total. The summed E-state index contributed by atoms with van der Waals surface area (Å²) in [6, 6.07) is -0.805. The van der Waals surface area contributed by atoms with Gasteiger partial charge in [-0.15, -0.1) is 18.9 Å². The first-order valence-electron chi connectivity index (χ1n) is 5.41. The van der Waals surface area contributed by atoms with E-state index < -0.39 is 18.0 Å². The monoisotopic (exact) mass is 256 g/mol. The van der Waals surface area contributed by atoms with E-state index in [1.807, 2.05) is 0 Å². The molecule has 0 aliphatic carbocycles. The second kappa shape index (κ2) is 13.2. The first kappa shape index (κ1) is 18.5. The summed E-state index contributed by atoms with van der Waals surface area (Å²) in [6.45, 7) is 4.22. The number of terminal acetylenes is 1. The average molecular weight is 256 g/mol. The van der Waals surface area contributed by atoms with Crippen LogP contribution in [-0.2, 0) is 9.59 Å². The molecule has 0 fully saturated rings. The second-order valence-corrected chi connectivity index (χ2v) is 3.34. The number of carboxylic acid groups (broad SMARTS) is 2. The van der Waals surface area contributed by atoms with Crippen LogP contribution in [0, 0.1) is 12.3 Å². The highest BCUT2D eigenvalue weighted by Gasteiger charge is 2.08. The zero-order valence-electron chi connectivity index (χ0n) is 10.3. The molecule has 0 aliphatic rings. The molecule has 0 aromatic carbocycles. The van der Waals surface area contributed by atoms with E-state index in [2.05, 4.69) is 17.8 Å². The SMILES string of the molecule is C#CCCC(N)C(=O)O.C=CCCNCC(=O)O. The van der Waals surface area contributed by atoms with Crippen LogP contribution in [0.5, 0.6) is 0 Å². The molecule has 0 radical (unpaired) electrons. The number of nitrogens with two attached hydrogens (primary N) is 1. The molecule has 18 heavy (non-hydrogen) atoms. The second-order valence-electron chi connectivity index (χ2n) is 3.34. The summed E-state index contributed by atoms with van der Waals surface area (Å²) >= 11 is 0. The highest BCUT2D eigenvalue weighted by molar-refractivity contribution is 5.73. The molecule has 0 bridgehead atoms. The van der Waals surface area contributed by atoms with Gasteiger partial charge in [-0.05, 0) is 19.4 Å². The minimum atomic E-state index is -0.995. The fraction of sp³-hybridized carbons (Fsp3) is 0.500. The predicted octanol–water partition coefficient (Wildman–Crippen LogP) is 0.0484. The highest BCUT2D eigenvalue weighted by Crippen LogP contribution is 1.91. The van der Waals surface area contributed by atoms with Crippen LogP contribution in [0.4, 0.5) is 0 Å². The van der Waals surface area contributed by atoms with Gasteiger partial charge in [0, 0.05) is 6.42 Å². The maximum Gasteiger partial charge on any atom is 0.320 e. The predicted molar refractivity (Wildman–Crippen MR) is 69.0 cm³/mol. The Morgan fingerprint density at radius 3 is 2.50 bits per heavy atom. The van der Waals surface area contributed by atoms with E-state index in [0.29, 0.717) is 19.4 Å². The van der Waals surface area contributed by atoms with Gasteiger partial charge in [0.25, 0.3) is 0 Å². The third-order valence-corrected chi connectivity index (χ3v) is 1.72. The summed E-state index contributed by atoms with van der Waals surface area (Å²) in [5.41, 5.74) is 5.11. The lowest BCUT2D eigenvalue weighted by Crippen LogP contribution is -2.29. The van der Waals surface area contributed by atoms with E-state index in [9.17, 15) is 9.59 Å². The molecule has 0 heterocycles. The van der Waals surface area contributed by atoms with Crippen LogP contribution in [0.25, 0.3) is 0 Å². The van der Waals surface area contributed by atoms with E-state index in [1.54, 1.807) is 6.08 Å². The van der Waals surface area contributed by atoms with Crippen molar-refractivity contribution in [2.75, 3.05) is 13.1 Å². The number of hydrogen-bond donors (Lipinski definition) is 4. The third-order valence-electron chi connectivity index (χ3n) is 1.72. The minimum absolute atomic E-state index is 0.0356. The zero-order chi connectivity index (χ0) is 14.4. The van der Waals surface area contributed by atoms with Gasteiger partial charge in [0.2, 0.25) is 0 Å². The van der Waals surface area contributed by atoms with Crippen molar-refractivity contribution >= 4 is 11.9 Å². The summed E-state index contributed by atoms with van der Waals surface area (Å²) in [5.74, 6) is 0.495. The molecule has 1 atom stereocenters. The Bertz CT molecular complexity index is 297. The quantitative estimate of drug-likeness (QED) is 0.277. The van der Waals surface area contributed by atoms with Crippen LogP contribution in [-0.4, -0.2) is 41.3 Å². The zero-order valence-corrected chi connectivity index (χ0v) is 10.3. The fourth-order valence-corrected chi connectivity index (χ4v) is 0.762. The summed E-state index contributed by atoms with van der Waals surface area (Å²) in [7, 11) is 0. The summed E-state index contributed by atoms with van der Waals surface area (Å²) in [4.78, 5) is 19.9. The molecule has 0 aliphatic heterocycles. The van der Waals surface area contributed by atoms with Crippen molar-refractivity contribution in [2.45, 2.75) is 25.3 Å². The van der Waals surface area contributed by atoms with Crippen molar-refractivity contribution in [3.8, 4) is 12.3 Å². The smallest absolute Gasteiger partial charge is 0.320 e. The lowest BCUT2D eigenvalue weighted by Gasteiger charge is -2.00. The summed E-state index contributed by atoms with van der Waals surface area (Å²) in [6.07, 6.45) is 8.21. The fourth-order valence-electron chi connectivity index (χ4n) is 0.762. The first-order chi connectivity index (χ1) is 8.45. The molecule has 0 amide bonds. The highest BCUT2D eigenvalue weighted by atomic mass is 16.4.